The fraction of sp³-hybridized carbons (Fsp3) is 0.700. The van der Waals surface area contributed by atoms with E-state index < -0.39 is 0 Å². The summed E-state index contributed by atoms with van der Waals surface area (Å²) in [6, 6.07) is -0.0186. The molecule has 0 aromatic carbocycles. The second-order valence-corrected chi connectivity index (χ2v) is 4.01. The minimum absolute atomic E-state index is 0.0186. The summed E-state index contributed by atoms with van der Waals surface area (Å²) in [4.78, 5) is 0. The number of hydrogen-bond acceptors (Lipinski definition) is 2. The SMILES string of the molecule is CCC(C)C(N)c1c(Cl)cnn1CC. The Bertz CT molecular complexity index is 296. The third-order valence-corrected chi connectivity index (χ3v) is 3.00. The van der Waals surface area contributed by atoms with Crippen molar-refractivity contribution < 1.29 is 0 Å². The molecule has 4 heteroatoms. The van der Waals surface area contributed by atoms with Crippen LogP contribution in [0.15, 0.2) is 6.20 Å². The molecule has 0 saturated heterocycles. The first-order valence-corrected chi connectivity index (χ1v) is 5.46. The molecular weight excluding hydrogens is 198 g/mol. The molecule has 2 unspecified atom stereocenters. The van der Waals surface area contributed by atoms with Gasteiger partial charge in [-0.25, -0.2) is 0 Å². The Hall–Kier alpha value is -0.540. The average Bonchev–Trinajstić information content (AvgIpc) is 2.57. The van der Waals surface area contributed by atoms with Crippen molar-refractivity contribution in [2.75, 3.05) is 0 Å². The molecule has 80 valence electrons. The molecule has 0 aliphatic heterocycles. The quantitative estimate of drug-likeness (QED) is 0.839. The van der Waals surface area contributed by atoms with Gasteiger partial charge in [0.15, 0.2) is 0 Å². The highest BCUT2D eigenvalue weighted by Crippen LogP contribution is 2.27. The number of nitrogens with two attached hydrogens (primary N) is 1. The Balaban J connectivity index is 2.97. The summed E-state index contributed by atoms with van der Waals surface area (Å²) in [5.41, 5.74) is 7.09. The van der Waals surface area contributed by atoms with E-state index in [0.29, 0.717) is 10.9 Å². The largest absolute Gasteiger partial charge is 0.322 e. The summed E-state index contributed by atoms with van der Waals surface area (Å²) in [6.45, 7) is 7.11. The van der Waals surface area contributed by atoms with Crippen LogP contribution in [0.3, 0.4) is 0 Å². The maximum absolute atomic E-state index is 6.13. The van der Waals surface area contributed by atoms with Crippen LogP contribution in [0.5, 0.6) is 0 Å². The predicted octanol–water partition coefficient (Wildman–Crippen LogP) is 2.60. The van der Waals surface area contributed by atoms with E-state index >= 15 is 0 Å². The van der Waals surface area contributed by atoms with Crippen LogP contribution in [-0.4, -0.2) is 9.78 Å². The zero-order valence-electron chi connectivity index (χ0n) is 9.00. The van der Waals surface area contributed by atoms with E-state index in [1.54, 1.807) is 6.20 Å². The van der Waals surface area contributed by atoms with E-state index in [2.05, 4.69) is 18.9 Å². The number of hydrogen-bond donors (Lipinski definition) is 1. The van der Waals surface area contributed by atoms with Gasteiger partial charge in [-0.1, -0.05) is 31.9 Å². The normalized spacial score (nSPS) is 15.5. The molecule has 2 N–H and O–H groups in total. The van der Waals surface area contributed by atoms with Gasteiger partial charge in [-0.3, -0.25) is 4.68 Å². The predicted molar refractivity (Wildman–Crippen MR) is 59.3 cm³/mol. The van der Waals surface area contributed by atoms with E-state index in [9.17, 15) is 0 Å². The van der Waals surface area contributed by atoms with Gasteiger partial charge in [0.25, 0.3) is 0 Å². The minimum Gasteiger partial charge on any atom is -0.322 e. The third kappa shape index (κ3) is 2.10. The molecular formula is C10H18ClN3. The Morgan fingerprint density at radius 1 is 1.57 bits per heavy atom. The summed E-state index contributed by atoms with van der Waals surface area (Å²) in [5.74, 6) is 0.425. The molecule has 1 rings (SSSR count). The monoisotopic (exact) mass is 215 g/mol. The van der Waals surface area contributed by atoms with E-state index in [0.717, 1.165) is 18.7 Å². The maximum Gasteiger partial charge on any atom is 0.0834 e. The molecule has 0 amide bonds. The van der Waals surface area contributed by atoms with Crippen LogP contribution in [0.1, 0.15) is 38.9 Å². The third-order valence-electron chi connectivity index (χ3n) is 2.71. The number of aromatic nitrogens is 2. The lowest BCUT2D eigenvalue weighted by Gasteiger charge is -2.19. The molecule has 2 atom stereocenters. The maximum atomic E-state index is 6.13. The van der Waals surface area contributed by atoms with Crippen molar-refractivity contribution in [1.82, 2.24) is 9.78 Å². The fourth-order valence-electron chi connectivity index (χ4n) is 1.48. The van der Waals surface area contributed by atoms with Gasteiger partial charge in [-0.05, 0) is 12.8 Å². The topological polar surface area (TPSA) is 43.8 Å². The number of rotatable bonds is 4. The van der Waals surface area contributed by atoms with Crippen LogP contribution in [0.4, 0.5) is 0 Å². The van der Waals surface area contributed by atoms with Gasteiger partial charge in [0.05, 0.1) is 23.0 Å². The lowest BCUT2D eigenvalue weighted by molar-refractivity contribution is 0.425. The molecule has 3 nitrogen and oxygen atoms in total. The minimum atomic E-state index is -0.0186. The van der Waals surface area contributed by atoms with Crippen molar-refractivity contribution in [3.05, 3.63) is 16.9 Å². The molecule has 0 saturated carbocycles. The molecule has 0 aliphatic carbocycles. The lowest BCUT2D eigenvalue weighted by atomic mass is 9.97. The molecule has 1 heterocycles. The van der Waals surface area contributed by atoms with E-state index in [4.69, 9.17) is 17.3 Å². The summed E-state index contributed by atoms with van der Waals surface area (Å²) in [7, 11) is 0. The molecule has 1 aromatic heterocycles. The van der Waals surface area contributed by atoms with Crippen molar-refractivity contribution in [3.63, 3.8) is 0 Å². The Morgan fingerprint density at radius 2 is 2.21 bits per heavy atom. The van der Waals surface area contributed by atoms with Crippen LogP contribution in [0.2, 0.25) is 5.02 Å². The zero-order chi connectivity index (χ0) is 10.7. The molecule has 1 aromatic rings. The van der Waals surface area contributed by atoms with Crippen LogP contribution < -0.4 is 5.73 Å². The first kappa shape index (κ1) is 11.5. The second kappa shape index (κ2) is 4.80. The Labute approximate surface area is 90.2 Å². The summed E-state index contributed by atoms with van der Waals surface area (Å²) >= 11 is 6.06. The fourth-order valence-corrected chi connectivity index (χ4v) is 1.75. The standard InChI is InChI=1S/C10H18ClN3/c1-4-7(3)9(12)10-8(11)6-13-14(10)5-2/h6-7,9H,4-5,12H2,1-3H3. The number of aryl methyl sites for hydroxylation is 1. The highest BCUT2D eigenvalue weighted by molar-refractivity contribution is 6.31. The summed E-state index contributed by atoms with van der Waals surface area (Å²) in [5, 5.41) is 4.86. The molecule has 0 aliphatic rings. The highest BCUT2D eigenvalue weighted by Gasteiger charge is 2.20. The highest BCUT2D eigenvalue weighted by atomic mass is 35.5. The van der Waals surface area contributed by atoms with Gasteiger partial charge in [-0.15, -0.1) is 0 Å². The summed E-state index contributed by atoms with van der Waals surface area (Å²) < 4.78 is 1.87. The van der Waals surface area contributed by atoms with Crippen LogP contribution in [0, 0.1) is 5.92 Å². The van der Waals surface area contributed by atoms with Crippen molar-refractivity contribution in [2.45, 2.75) is 39.8 Å². The van der Waals surface area contributed by atoms with Gasteiger partial charge in [-0.2, -0.15) is 5.10 Å². The molecule has 0 radical (unpaired) electrons. The van der Waals surface area contributed by atoms with Crippen LogP contribution >= 0.6 is 11.6 Å². The number of nitrogens with zero attached hydrogens (tertiary/aromatic N) is 2. The van der Waals surface area contributed by atoms with Crippen molar-refractivity contribution in [1.29, 1.82) is 0 Å². The van der Waals surface area contributed by atoms with Crippen molar-refractivity contribution >= 4 is 11.6 Å². The van der Waals surface area contributed by atoms with Crippen molar-refractivity contribution in [3.8, 4) is 0 Å². The average molecular weight is 216 g/mol. The smallest absolute Gasteiger partial charge is 0.0834 e. The van der Waals surface area contributed by atoms with Gasteiger partial charge >= 0.3 is 0 Å². The van der Waals surface area contributed by atoms with E-state index in [-0.39, 0.29) is 6.04 Å². The van der Waals surface area contributed by atoms with Gasteiger partial charge in [0.2, 0.25) is 0 Å². The Kier molecular flexibility index (Phi) is 3.96. The van der Waals surface area contributed by atoms with Crippen molar-refractivity contribution in [2.24, 2.45) is 11.7 Å². The van der Waals surface area contributed by atoms with Gasteiger partial charge < -0.3 is 5.73 Å². The summed E-state index contributed by atoms with van der Waals surface area (Å²) in [6.07, 6.45) is 2.72. The molecule has 0 bridgehead atoms. The van der Waals surface area contributed by atoms with Gasteiger partial charge in [0, 0.05) is 6.54 Å². The van der Waals surface area contributed by atoms with E-state index in [1.165, 1.54) is 0 Å². The van der Waals surface area contributed by atoms with Crippen LogP contribution in [-0.2, 0) is 6.54 Å². The first-order valence-electron chi connectivity index (χ1n) is 5.08. The van der Waals surface area contributed by atoms with Gasteiger partial charge in [0.1, 0.15) is 0 Å². The zero-order valence-corrected chi connectivity index (χ0v) is 9.75. The molecule has 14 heavy (non-hydrogen) atoms. The first-order chi connectivity index (χ1) is 6.61. The Morgan fingerprint density at radius 3 is 2.71 bits per heavy atom. The van der Waals surface area contributed by atoms with Crippen LogP contribution in [0.25, 0.3) is 0 Å². The molecule has 0 spiro atoms. The molecule has 0 fully saturated rings. The number of halogens is 1. The lowest BCUT2D eigenvalue weighted by Crippen LogP contribution is -2.22. The van der Waals surface area contributed by atoms with E-state index in [1.807, 2.05) is 11.6 Å². The second-order valence-electron chi connectivity index (χ2n) is 3.60.